The minimum absolute atomic E-state index is 0.108. The molecule has 0 bridgehead atoms. The smallest absolute Gasteiger partial charge is 0.257 e. The highest BCUT2D eigenvalue weighted by molar-refractivity contribution is 9.10. The molecule has 2 aromatic rings. The van der Waals surface area contributed by atoms with Crippen LogP contribution in [0.15, 0.2) is 63.9 Å². The van der Waals surface area contributed by atoms with Gasteiger partial charge in [0, 0.05) is 51.6 Å². The first kappa shape index (κ1) is 18.9. The van der Waals surface area contributed by atoms with Gasteiger partial charge in [0.2, 0.25) is 0 Å². The van der Waals surface area contributed by atoms with Crippen LogP contribution in [0.2, 0.25) is 0 Å². The van der Waals surface area contributed by atoms with E-state index in [1.807, 2.05) is 36.4 Å². The Balaban J connectivity index is 1.65. The van der Waals surface area contributed by atoms with Crippen LogP contribution in [0.5, 0.6) is 0 Å². The molecule has 0 spiro atoms. The molecule has 1 aromatic heterocycles. The largest absolute Gasteiger partial charge is 0.301 e. The summed E-state index contributed by atoms with van der Waals surface area (Å²) in [6.07, 6.45) is 1.95. The molecule has 2 aliphatic heterocycles. The van der Waals surface area contributed by atoms with Crippen molar-refractivity contribution >= 4 is 50.1 Å². The van der Waals surface area contributed by atoms with Crippen LogP contribution >= 0.6 is 39.0 Å². The molecule has 7 heteroatoms. The van der Waals surface area contributed by atoms with Crippen LogP contribution in [-0.2, 0) is 5.54 Å². The molecular formula is C20H20BrN3OS2. The van der Waals surface area contributed by atoms with Crippen LogP contribution in [0.1, 0.15) is 15.2 Å². The van der Waals surface area contributed by atoms with E-state index in [4.69, 9.17) is 4.99 Å². The Morgan fingerprint density at radius 1 is 1.44 bits per heavy atom. The van der Waals surface area contributed by atoms with Crippen LogP contribution < -0.4 is 5.32 Å². The fraction of sp³-hybridized carbons (Fsp3) is 0.300. The maximum atomic E-state index is 12.6. The van der Waals surface area contributed by atoms with E-state index in [1.165, 1.54) is 4.88 Å². The van der Waals surface area contributed by atoms with E-state index in [1.54, 1.807) is 23.1 Å². The van der Waals surface area contributed by atoms with Crippen molar-refractivity contribution in [3.63, 3.8) is 0 Å². The topological polar surface area (TPSA) is 44.7 Å². The highest BCUT2D eigenvalue weighted by Gasteiger charge is 2.50. The van der Waals surface area contributed by atoms with Gasteiger partial charge in [-0.3, -0.25) is 9.69 Å². The molecular weight excluding hydrogens is 442 g/mol. The second-order valence-electron chi connectivity index (χ2n) is 6.78. The average Bonchev–Trinajstić information content (AvgIpc) is 3.26. The summed E-state index contributed by atoms with van der Waals surface area (Å²) in [5.74, 6) is 1.26. The number of carbonyl (C=O) groups is 1. The summed E-state index contributed by atoms with van der Waals surface area (Å²) in [6, 6.07) is 11.5. The lowest BCUT2D eigenvalue weighted by Gasteiger charge is -2.34. The van der Waals surface area contributed by atoms with E-state index in [9.17, 15) is 4.79 Å². The number of aliphatic imine (C=N–C) groups is 1. The van der Waals surface area contributed by atoms with Crippen LogP contribution in [-0.4, -0.2) is 41.4 Å². The molecule has 0 aliphatic carbocycles. The Labute approximate surface area is 175 Å². The summed E-state index contributed by atoms with van der Waals surface area (Å²) in [5, 5.41) is 5.85. The fourth-order valence-electron chi connectivity index (χ4n) is 3.73. The van der Waals surface area contributed by atoms with Crippen molar-refractivity contribution in [2.75, 3.05) is 25.4 Å². The number of hydrogen-bond acceptors (Lipinski definition) is 5. The lowest BCUT2D eigenvalue weighted by atomic mass is 9.87. The number of likely N-dealkylation sites (tertiary alicyclic amines) is 1. The number of carbonyl (C=O) groups excluding carboxylic acids is 1. The van der Waals surface area contributed by atoms with Gasteiger partial charge in [-0.1, -0.05) is 36.0 Å². The van der Waals surface area contributed by atoms with Crippen molar-refractivity contribution in [2.24, 2.45) is 10.9 Å². The summed E-state index contributed by atoms with van der Waals surface area (Å²) in [5.41, 5.74) is 0.347. The van der Waals surface area contributed by atoms with E-state index in [0.29, 0.717) is 16.6 Å². The van der Waals surface area contributed by atoms with Crippen LogP contribution in [0.4, 0.5) is 0 Å². The summed E-state index contributed by atoms with van der Waals surface area (Å²) in [4.78, 5) is 21.3. The summed E-state index contributed by atoms with van der Waals surface area (Å²) in [6.45, 7) is 6.59. The maximum Gasteiger partial charge on any atom is 0.257 e. The van der Waals surface area contributed by atoms with Crippen molar-refractivity contribution in [1.82, 2.24) is 10.2 Å². The maximum absolute atomic E-state index is 12.6. The van der Waals surface area contributed by atoms with E-state index < -0.39 is 0 Å². The Morgan fingerprint density at radius 3 is 2.96 bits per heavy atom. The highest BCUT2D eigenvalue weighted by atomic mass is 79.9. The Bertz CT molecular complexity index is 882. The third kappa shape index (κ3) is 3.78. The van der Waals surface area contributed by atoms with E-state index in [-0.39, 0.29) is 11.4 Å². The zero-order chi connectivity index (χ0) is 18.9. The summed E-state index contributed by atoms with van der Waals surface area (Å²) < 4.78 is 1.08. The number of hydrogen-bond donors (Lipinski definition) is 1. The molecule has 1 aromatic carbocycles. The predicted molar refractivity (Wildman–Crippen MR) is 118 cm³/mol. The number of fused-ring (bicyclic) bond motifs is 1. The molecule has 1 saturated heterocycles. The highest BCUT2D eigenvalue weighted by Crippen LogP contribution is 2.48. The van der Waals surface area contributed by atoms with Crippen molar-refractivity contribution < 1.29 is 4.79 Å². The SMILES string of the molecule is C=CCN1C[C@H]2CSC(NC(=O)c3ccccc3)=N[C@@]2(c2cc(Br)cs2)C1. The van der Waals surface area contributed by atoms with Gasteiger partial charge in [-0.25, -0.2) is 4.99 Å². The molecule has 3 heterocycles. The standard InChI is InChI=1S/C20H20BrN3OS2/c1-2-8-24-10-15-11-27-19(22-18(25)14-6-4-3-5-7-14)23-20(15,13-24)17-9-16(21)12-26-17/h2-7,9,12,15H,1,8,10-11,13H2,(H,22,23,25)/t15-,20-/m0/s1. The first-order valence-corrected chi connectivity index (χ1v) is 11.4. The van der Waals surface area contributed by atoms with Gasteiger partial charge in [0.05, 0.1) is 0 Å². The number of nitrogens with zero attached hydrogens (tertiary/aromatic N) is 2. The van der Waals surface area contributed by atoms with Gasteiger partial charge in [-0.15, -0.1) is 17.9 Å². The fourth-order valence-corrected chi connectivity index (χ4v) is 6.50. The lowest BCUT2D eigenvalue weighted by Crippen LogP contribution is -2.42. The van der Waals surface area contributed by atoms with Gasteiger partial charge in [0.1, 0.15) is 5.54 Å². The minimum atomic E-state index is -0.301. The number of amidine groups is 1. The molecule has 2 aliphatic rings. The molecule has 1 amide bonds. The average molecular weight is 462 g/mol. The van der Waals surface area contributed by atoms with Crippen molar-refractivity contribution in [3.8, 4) is 0 Å². The van der Waals surface area contributed by atoms with E-state index in [0.717, 1.165) is 29.9 Å². The zero-order valence-corrected chi connectivity index (χ0v) is 17.9. The molecule has 4 rings (SSSR count). The second kappa shape index (κ2) is 7.91. The second-order valence-corrected chi connectivity index (χ2v) is 9.62. The van der Waals surface area contributed by atoms with Crippen molar-refractivity contribution in [1.29, 1.82) is 0 Å². The molecule has 1 fully saturated rings. The summed E-state index contributed by atoms with van der Waals surface area (Å²) in [7, 11) is 0. The Kier molecular flexibility index (Phi) is 5.55. The van der Waals surface area contributed by atoms with E-state index in [2.05, 4.69) is 44.2 Å². The Hall–Kier alpha value is -1.41. The number of halogens is 1. The van der Waals surface area contributed by atoms with Gasteiger partial charge >= 0.3 is 0 Å². The van der Waals surface area contributed by atoms with Gasteiger partial charge in [0.15, 0.2) is 5.17 Å². The number of thiophene rings is 1. The quantitative estimate of drug-likeness (QED) is 0.687. The molecule has 140 valence electrons. The molecule has 0 saturated carbocycles. The van der Waals surface area contributed by atoms with Crippen LogP contribution in [0.3, 0.4) is 0 Å². The number of nitrogens with one attached hydrogen (secondary N) is 1. The molecule has 27 heavy (non-hydrogen) atoms. The third-order valence-electron chi connectivity index (χ3n) is 4.98. The monoisotopic (exact) mass is 461 g/mol. The van der Waals surface area contributed by atoms with Crippen molar-refractivity contribution in [2.45, 2.75) is 5.54 Å². The van der Waals surface area contributed by atoms with Gasteiger partial charge in [0.25, 0.3) is 5.91 Å². The molecule has 0 unspecified atom stereocenters. The number of benzene rings is 1. The normalized spacial score (nSPS) is 24.9. The predicted octanol–water partition coefficient (Wildman–Crippen LogP) is 4.36. The first-order valence-electron chi connectivity index (χ1n) is 8.77. The van der Waals surface area contributed by atoms with Gasteiger partial charge in [-0.05, 0) is 34.1 Å². The minimum Gasteiger partial charge on any atom is -0.301 e. The van der Waals surface area contributed by atoms with E-state index >= 15 is 0 Å². The van der Waals surface area contributed by atoms with Crippen LogP contribution in [0.25, 0.3) is 0 Å². The molecule has 1 N–H and O–H groups in total. The zero-order valence-electron chi connectivity index (χ0n) is 14.7. The first-order chi connectivity index (χ1) is 13.1. The Morgan fingerprint density at radius 2 is 2.26 bits per heavy atom. The molecule has 4 nitrogen and oxygen atoms in total. The van der Waals surface area contributed by atoms with Crippen LogP contribution in [0, 0.1) is 5.92 Å². The number of rotatable bonds is 4. The molecule has 0 radical (unpaired) electrons. The van der Waals surface area contributed by atoms with Crippen molar-refractivity contribution in [3.05, 3.63) is 69.3 Å². The van der Waals surface area contributed by atoms with Gasteiger partial charge < -0.3 is 5.32 Å². The summed E-state index contributed by atoms with van der Waals surface area (Å²) >= 11 is 6.96. The third-order valence-corrected chi connectivity index (χ3v) is 7.87. The lowest BCUT2D eigenvalue weighted by molar-refractivity contribution is 0.0977. The molecule has 2 atom stereocenters. The van der Waals surface area contributed by atoms with Gasteiger partial charge in [-0.2, -0.15) is 0 Å². The number of thioether (sulfide) groups is 1. The number of amides is 1.